The van der Waals surface area contributed by atoms with E-state index in [4.69, 9.17) is 0 Å². The van der Waals surface area contributed by atoms with Crippen molar-refractivity contribution in [2.24, 2.45) is 5.92 Å². The molecule has 0 saturated heterocycles. The van der Waals surface area contributed by atoms with Crippen LogP contribution in [-0.2, 0) is 4.79 Å². The van der Waals surface area contributed by atoms with Crippen LogP contribution < -0.4 is 0 Å². The van der Waals surface area contributed by atoms with Crippen LogP contribution in [0.15, 0.2) is 11.1 Å². The van der Waals surface area contributed by atoms with Crippen LogP contribution in [0.2, 0.25) is 0 Å². The van der Waals surface area contributed by atoms with Gasteiger partial charge in [-0.1, -0.05) is 20.8 Å². The van der Waals surface area contributed by atoms with Gasteiger partial charge in [-0.15, -0.1) is 11.8 Å². The Hall–Kier alpha value is -0.440. The zero-order chi connectivity index (χ0) is 12.3. The molecule has 1 atom stereocenters. The number of hydrogen-bond acceptors (Lipinski definition) is 2. The fourth-order valence-electron chi connectivity index (χ4n) is 1.90. The van der Waals surface area contributed by atoms with Crippen molar-refractivity contribution in [3.8, 4) is 0 Å². The Morgan fingerprint density at radius 2 is 2.00 bits per heavy atom. The van der Waals surface area contributed by atoms with E-state index in [0.29, 0.717) is 5.92 Å². The van der Waals surface area contributed by atoms with Crippen LogP contribution in [0, 0.1) is 5.92 Å². The second kappa shape index (κ2) is 5.76. The number of nitrogens with zero attached hydrogens (tertiary/aromatic N) is 1. The molecular formula is C13H23NOS. The Balaban J connectivity index is 2.72. The predicted molar refractivity (Wildman–Crippen MR) is 71.5 cm³/mol. The molecule has 0 fully saturated rings. The summed E-state index contributed by atoms with van der Waals surface area (Å²) in [4.78, 5) is 14.1. The molecule has 0 spiro atoms. The maximum atomic E-state index is 12.1. The molecule has 3 heteroatoms. The first-order valence-corrected chi connectivity index (χ1v) is 7.13. The van der Waals surface area contributed by atoms with Crippen molar-refractivity contribution < 1.29 is 4.79 Å². The van der Waals surface area contributed by atoms with Crippen LogP contribution in [0.5, 0.6) is 0 Å². The third kappa shape index (κ3) is 2.82. The van der Waals surface area contributed by atoms with E-state index in [1.165, 1.54) is 5.57 Å². The number of carbonyl (C=O) groups excluding carboxylic acids is 1. The number of thioether (sulfide) groups is 1. The number of carbonyl (C=O) groups is 1. The fourth-order valence-corrected chi connectivity index (χ4v) is 3.02. The van der Waals surface area contributed by atoms with Crippen LogP contribution in [0.1, 0.15) is 41.0 Å². The fraction of sp³-hybridized carbons (Fsp3) is 0.769. The highest BCUT2D eigenvalue weighted by atomic mass is 32.2. The van der Waals surface area contributed by atoms with Crippen molar-refractivity contribution in [3.05, 3.63) is 11.1 Å². The van der Waals surface area contributed by atoms with Crippen LogP contribution in [-0.4, -0.2) is 28.5 Å². The van der Waals surface area contributed by atoms with Crippen molar-refractivity contribution in [2.75, 3.05) is 12.3 Å². The van der Waals surface area contributed by atoms with E-state index in [1.54, 1.807) is 0 Å². The predicted octanol–water partition coefficient (Wildman–Crippen LogP) is 3.29. The molecule has 1 heterocycles. The highest BCUT2D eigenvalue weighted by Gasteiger charge is 2.34. The number of amides is 1. The molecule has 0 aromatic rings. The van der Waals surface area contributed by atoms with Crippen LogP contribution in [0.4, 0.5) is 0 Å². The Bertz CT molecular complexity index is 296. The van der Waals surface area contributed by atoms with Gasteiger partial charge in [-0.2, -0.15) is 0 Å². The molecule has 0 aromatic carbocycles. The van der Waals surface area contributed by atoms with E-state index < -0.39 is 0 Å². The summed E-state index contributed by atoms with van der Waals surface area (Å²) >= 11 is 1.86. The van der Waals surface area contributed by atoms with Gasteiger partial charge in [0, 0.05) is 12.1 Å². The lowest BCUT2D eigenvalue weighted by Crippen LogP contribution is -2.35. The second-order valence-corrected chi connectivity index (χ2v) is 6.15. The van der Waals surface area contributed by atoms with Gasteiger partial charge in [0.15, 0.2) is 0 Å². The van der Waals surface area contributed by atoms with E-state index in [2.05, 4.69) is 27.7 Å². The summed E-state index contributed by atoms with van der Waals surface area (Å²) in [5, 5.41) is 0.288. The Kier molecular flexibility index (Phi) is 4.90. The normalized spacial score (nSPS) is 21.5. The summed E-state index contributed by atoms with van der Waals surface area (Å²) < 4.78 is 0. The molecule has 1 aliphatic heterocycles. The molecule has 0 radical (unpaired) electrons. The Labute approximate surface area is 103 Å². The lowest BCUT2D eigenvalue weighted by molar-refractivity contribution is -0.126. The van der Waals surface area contributed by atoms with E-state index in [0.717, 1.165) is 24.3 Å². The average Bonchev–Trinajstić information content (AvgIpc) is 2.42. The Morgan fingerprint density at radius 3 is 2.50 bits per heavy atom. The standard InChI is InChI=1S/C13H23NOS/c1-6-16-13-11(5)10(4)12(15)14(13)8-7-9(2)3/h9,13H,6-8H2,1-5H3/t13-/m1/s1. The average molecular weight is 241 g/mol. The first-order valence-electron chi connectivity index (χ1n) is 6.09. The third-order valence-corrected chi connectivity index (χ3v) is 4.36. The maximum absolute atomic E-state index is 12.1. The molecule has 92 valence electrons. The third-order valence-electron chi connectivity index (χ3n) is 3.10. The summed E-state index contributed by atoms with van der Waals surface area (Å²) in [6, 6.07) is 0. The summed E-state index contributed by atoms with van der Waals surface area (Å²) in [6.45, 7) is 11.5. The smallest absolute Gasteiger partial charge is 0.250 e. The second-order valence-electron chi connectivity index (χ2n) is 4.80. The molecule has 0 unspecified atom stereocenters. The SMILES string of the molecule is CCS[C@@H]1C(C)=C(C)C(=O)N1CCC(C)C. The lowest BCUT2D eigenvalue weighted by Gasteiger charge is -2.26. The van der Waals surface area contributed by atoms with E-state index in [9.17, 15) is 4.79 Å². The van der Waals surface area contributed by atoms with Crippen LogP contribution >= 0.6 is 11.8 Å². The van der Waals surface area contributed by atoms with Crippen LogP contribution in [0.3, 0.4) is 0 Å². The summed E-state index contributed by atoms with van der Waals surface area (Å²) in [7, 11) is 0. The zero-order valence-electron chi connectivity index (χ0n) is 11.0. The quantitative estimate of drug-likeness (QED) is 0.736. The topological polar surface area (TPSA) is 20.3 Å². The molecule has 0 aromatic heterocycles. The zero-order valence-corrected chi connectivity index (χ0v) is 11.9. The van der Waals surface area contributed by atoms with E-state index >= 15 is 0 Å². The summed E-state index contributed by atoms with van der Waals surface area (Å²) in [6.07, 6.45) is 1.09. The van der Waals surface area contributed by atoms with Crippen molar-refractivity contribution in [2.45, 2.75) is 46.4 Å². The molecule has 0 saturated carbocycles. The summed E-state index contributed by atoms with van der Waals surface area (Å²) in [5.74, 6) is 1.95. The van der Waals surface area contributed by atoms with Crippen molar-refractivity contribution in [1.82, 2.24) is 4.90 Å². The highest BCUT2D eigenvalue weighted by molar-refractivity contribution is 8.00. The van der Waals surface area contributed by atoms with Gasteiger partial charge in [0.25, 0.3) is 5.91 Å². The minimum absolute atomic E-state index is 0.240. The van der Waals surface area contributed by atoms with Gasteiger partial charge in [0.2, 0.25) is 0 Å². The van der Waals surface area contributed by atoms with Gasteiger partial charge >= 0.3 is 0 Å². The molecule has 2 nitrogen and oxygen atoms in total. The van der Waals surface area contributed by atoms with Gasteiger partial charge in [0.05, 0.1) is 5.37 Å². The molecule has 0 bridgehead atoms. The van der Waals surface area contributed by atoms with Crippen molar-refractivity contribution in [1.29, 1.82) is 0 Å². The molecule has 1 aliphatic rings. The minimum Gasteiger partial charge on any atom is -0.323 e. The lowest BCUT2D eigenvalue weighted by atomic mass is 10.1. The van der Waals surface area contributed by atoms with E-state index in [-0.39, 0.29) is 11.3 Å². The number of rotatable bonds is 5. The van der Waals surface area contributed by atoms with Crippen molar-refractivity contribution >= 4 is 17.7 Å². The molecule has 0 aliphatic carbocycles. The molecule has 1 amide bonds. The monoisotopic (exact) mass is 241 g/mol. The largest absolute Gasteiger partial charge is 0.323 e. The minimum atomic E-state index is 0.240. The van der Waals surface area contributed by atoms with Gasteiger partial charge in [-0.25, -0.2) is 0 Å². The van der Waals surface area contributed by atoms with Gasteiger partial charge in [-0.05, 0) is 37.5 Å². The maximum Gasteiger partial charge on any atom is 0.250 e. The van der Waals surface area contributed by atoms with Gasteiger partial charge in [0.1, 0.15) is 0 Å². The van der Waals surface area contributed by atoms with Gasteiger partial charge < -0.3 is 4.90 Å². The van der Waals surface area contributed by atoms with Crippen molar-refractivity contribution in [3.63, 3.8) is 0 Å². The number of hydrogen-bond donors (Lipinski definition) is 0. The molecule has 1 rings (SSSR count). The van der Waals surface area contributed by atoms with E-state index in [1.807, 2.05) is 23.6 Å². The first-order chi connectivity index (χ1) is 7.49. The Morgan fingerprint density at radius 1 is 1.38 bits per heavy atom. The summed E-state index contributed by atoms with van der Waals surface area (Å²) in [5.41, 5.74) is 2.20. The molecular weight excluding hydrogens is 218 g/mol. The van der Waals surface area contributed by atoms with Gasteiger partial charge in [-0.3, -0.25) is 4.79 Å². The van der Waals surface area contributed by atoms with Crippen LogP contribution in [0.25, 0.3) is 0 Å². The molecule has 0 N–H and O–H groups in total. The molecule has 16 heavy (non-hydrogen) atoms. The first kappa shape index (κ1) is 13.6. The highest BCUT2D eigenvalue weighted by Crippen LogP contribution is 2.33.